The first kappa shape index (κ1) is 163. The molecule has 0 aliphatic rings. The molecule has 0 heterocycles. The first-order valence-corrected chi connectivity index (χ1v) is 52.0. The van der Waals surface area contributed by atoms with Gasteiger partial charge >= 0.3 is 78.5 Å². The number of aliphatic hydroxyl groups is 1. The van der Waals surface area contributed by atoms with E-state index in [1.54, 1.807) is 111 Å². The van der Waals surface area contributed by atoms with Crippen LogP contribution < -0.4 is 26.7 Å². The first-order valence-electron chi connectivity index (χ1n) is 52.0. The topological polar surface area (TPSA) is 607 Å². The standard InChI is InChI=1S/C17H32N6O5.2C12H24O.C12H26.C11H20N4O4.C11H21NO5.C11H21NO4.C6H10O3.2C6H12O2.2CO2/c1-16(2,3)27-14(25)11-23(7)21-13(24)10-12(8-9-19-22-18)20-15(26)28-17(4,5)6;2*1-3-5-7-9-11-12(13)10-8-6-4-2;1-3-5-7-9-11-12-10-8-6-4-2;1-11(2,3)19-10(17)14-8(5-6-13-15-12)7-9(16)18-4;1-11(2,3)17-10(15)12-8(5-6-13)7-9(14)16-4;1-6-8(7-9(13)15-5)12-10(14)16-11(2,3)4;1-3-5(7)4-6(8)9-2;2*1-5(7)8-6(2,3)4;2*2-1-3/h12H,8-11H2,1-7H3,(H,20,26)(H,21,24);2*3-11H2,1-2H3;3-12H2,1-2H3;8H,5-7H2,1-4H3,(H,14,17);8,13H,5-7H2,1-4H3,(H,12,15);8H,6-7H2,1-5H3,(H,12,14);3-4H2,1-2H3;2*1-4H3;;/t12-;;;;2*8-;;;;;;/m0...00....../s1. The molecule has 0 aliphatic heterocycles. The van der Waals surface area contributed by atoms with Gasteiger partial charge in [0.1, 0.15) is 69.5 Å². The number of likely N-dealkylation sites (N-methyl/N-ethyl adjacent to an activating group) is 1. The van der Waals surface area contributed by atoms with Crippen molar-refractivity contribution in [2.45, 2.75) is 522 Å². The third-order valence-electron chi connectivity index (χ3n) is 17.6. The smallest absolute Gasteiger partial charge is 0.407 e. The molecule has 5 amide bonds. The lowest BCUT2D eigenvalue weighted by atomic mass is 10.1. The highest BCUT2D eigenvalue weighted by Crippen LogP contribution is 2.18. The number of nitrogens with one attached hydrogen (secondary N) is 5. The number of esters is 7. The molecule has 0 aromatic carbocycles. The minimum absolute atomic E-state index is 0.00328. The van der Waals surface area contributed by atoms with Crippen molar-refractivity contribution >= 4 is 102 Å². The van der Waals surface area contributed by atoms with Gasteiger partial charge < -0.3 is 78.5 Å². The Kier molecular flexibility index (Phi) is 116. The van der Waals surface area contributed by atoms with Crippen molar-refractivity contribution in [3.63, 3.8) is 0 Å². The van der Waals surface area contributed by atoms with E-state index in [2.05, 4.69) is 107 Å². The van der Waals surface area contributed by atoms with Crippen LogP contribution in [0.5, 0.6) is 0 Å². The van der Waals surface area contributed by atoms with Crippen molar-refractivity contribution in [2.75, 3.05) is 61.7 Å². The molecule has 149 heavy (non-hydrogen) atoms. The monoisotopic (exact) mass is 2140 g/mol. The van der Waals surface area contributed by atoms with Crippen LogP contribution in [0.25, 0.3) is 20.9 Å². The summed E-state index contributed by atoms with van der Waals surface area (Å²) in [5.41, 5.74) is 15.4. The van der Waals surface area contributed by atoms with E-state index in [0.717, 1.165) is 51.4 Å². The average Bonchev–Trinajstić information content (AvgIpc) is 0.900. The number of nitrogens with zero attached hydrogens (tertiary/aromatic N) is 7. The quantitative estimate of drug-likeness (QED) is 0.00481. The Morgan fingerprint density at radius 2 is 0.564 bits per heavy atom. The summed E-state index contributed by atoms with van der Waals surface area (Å²) in [6.07, 6.45) is 34.5. The molecule has 43 heteroatoms. The van der Waals surface area contributed by atoms with Crippen LogP contribution in [-0.2, 0) is 124 Å². The number of carbonyl (C=O) groups excluding carboxylic acids is 19. The van der Waals surface area contributed by atoms with Crippen LogP contribution >= 0.6 is 0 Å². The van der Waals surface area contributed by atoms with Gasteiger partial charge in [-0.1, -0.05) is 194 Å². The summed E-state index contributed by atoms with van der Waals surface area (Å²) < 4.78 is 53.0. The lowest BCUT2D eigenvalue weighted by Gasteiger charge is -2.25. The van der Waals surface area contributed by atoms with Crippen LogP contribution in [-0.4, -0.2) is 237 Å². The van der Waals surface area contributed by atoms with E-state index in [0.29, 0.717) is 30.8 Å². The van der Waals surface area contributed by atoms with Gasteiger partial charge in [-0.25, -0.2) is 24.2 Å². The number of aliphatic hydroxyl groups excluding tert-OH is 1. The summed E-state index contributed by atoms with van der Waals surface area (Å²) in [6.45, 7) is 57.0. The number of amides is 5. The molecule has 0 saturated heterocycles. The maximum Gasteiger partial charge on any atom is 0.407 e. The fraction of sp³-hybridized carbons (Fsp3) is 0.840. The molecule has 0 rings (SSSR count). The largest absolute Gasteiger partial charge is 0.469 e. The Hall–Kier alpha value is -10.8. The molecule has 0 radical (unpaired) electrons. The predicted molar refractivity (Wildman–Crippen MR) is 571 cm³/mol. The van der Waals surface area contributed by atoms with Crippen molar-refractivity contribution in [3.05, 3.63) is 20.9 Å². The number of hydrogen-bond donors (Lipinski definition) is 6. The summed E-state index contributed by atoms with van der Waals surface area (Å²) in [4.78, 5) is 205. The van der Waals surface area contributed by atoms with Crippen molar-refractivity contribution in [3.8, 4) is 0 Å². The molecule has 0 aromatic heterocycles. The van der Waals surface area contributed by atoms with Crippen LogP contribution in [0.1, 0.15) is 459 Å². The van der Waals surface area contributed by atoms with Gasteiger partial charge in [0, 0.05) is 113 Å². The van der Waals surface area contributed by atoms with Gasteiger partial charge in [-0.05, 0) is 208 Å². The van der Waals surface area contributed by atoms with E-state index in [1.807, 2.05) is 48.5 Å². The minimum Gasteiger partial charge on any atom is -0.469 e. The van der Waals surface area contributed by atoms with Crippen molar-refractivity contribution < 1.29 is 148 Å². The second kappa shape index (κ2) is 106. The van der Waals surface area contributed by atoms with Gasteiger partial charge in [0.05, 0.1) is 47.7 Å². The van der Waals surface area contributed by atoms with E-state index in [1.165, 1.54) is 183 Å². The van der Waals surface area contributed by atoms with Crippen LogP contribution in [0.2, 0.25) is 0 Å². The van der Waals surface area contributed by atoms with Gasteiger partial charge in [0.2, 0.25) is 5.91 Å². The summed E-state index contributed by atoms with van der Waals surface area (Å²) in [5.74, 6) is -2.19. The van der Waals surface area contributed by atoms with Crippen LogP contribution in [0, 0.1) is 0 Å². The number of alkyl carbamates (subject to hydrolysis) is 4. The molecule has 0 fully saturated rings. The maximum atomic E-state index is 12.2. The Bertz CT molecular complexity index is 3570. The molecule has 6 N–H and O–H groups in total. The SMILES string of the molecule is CC(=O)OC(C)(C)C.CC(=O)OC(C)(C)C.CCC(=O)CC(=O)OC.CCC(CC(=O)OC)NC(=O)OC(C)(C)C.CCCCCCC(=O)CCCCC.CCCCCCC(=O)CCCCC.CCCCCCCCCCCC.CN(CC(=O)OC(C)(C)C)NC(=O)C[C@H](CCN=[N+]=[N-])NC(=O)OC(C)(C)C.COC(=O)C[C@H](CCN=[N+]=[N-])NC(=O)OC(C)(C)C.COC(=O)C[C@H](CCO)NC(=O)OC(C)(C)C.O=C=O.O=C=O. The van der Waals surface area contributed by atoms with Crippen LogP contribution in [0.3, 0.4) is 0 Å². The summed E-state index contributed by atoms with van der Waals surface area (Å²) >= 11 is 0. The highest BCUT2D eigenvalue weighted by atomic mass is 16.6. The van der Waals surface area contributed by atoms with Gasteiger partial charge in [-0.3, -0.25) is 58.2 Å². The van der Waals surface area contributed by atoms with E-state index >= 15 is 0 Å². The number of azide groups is 2. The molecular weight excluding hydrogens is 1940 g/mol. The number of hydrazine groups is 1. The van der Waals surface area contributed by atoms with E-state index < -0.39 is 100 Å². The number of unbranched alkanes of at least 4 members (excludes halogenated alkanes) is 19. The molecule has 0 bridgehead atoms. The Morgan fingerprint density at radius 3 is 0.792 bits per heavy atom. The van der Waals surface area contributed by atoms with E-state index in [9.17, 15) is 71.9 Å². The molecule has 43 nitrogen and oxygen atoms in total. The zero-order valence-electron chi connectivity index (χ0n) is 98.3. The van der Waals surface area contributed by atoms with E-state index in [-0.39, 0.29) is 124 Å². The maximum absolute atomic E-state index is 12.2. The first-order chi connectivity index (χ1) is 68.9. The third kappa shape index (κ3) is 163. The van der Waals surface area contributed by atoms with Crippen molar-refractivity contribution in [2.24, 2.45) is 10.2 Å². The predicted octanol–water partition coefficient (Wildman–Crippen LogP) is 22.3. The lowest BCUT2D eigenvalue weighted by Crippen LogP contribution is -2.47. The molecule has 0 aromatic rings. The van der Waals surface area contributed by atoms with Gasteiger partial charge in [-0.15, -0.1) is 0 Å². The van der Waals surface area contributed by atoms with Crippen LogP contribution in [0.15, 0.2) is 10.2 Å². The number of Topliss-reactive ketones (excluding diaryl/α,β-unsaturated/α-hetero) is 3. The summed E-state index contributed by atoms with van der Waals surface area (Å²) in [5, 5.41) is 27.2. The molecule has 872 valence electrons. The zero-order chi connectivity index (χ0) is 118. The molecular formula is C106H202N12O31. The average molecular weight is 2140 g/mol. The third-order valence-corrected chi connectivity index (χ3v) is 17.6. The molecule has 0 saturated carbocycles. The summed E-state index contributed by atoms with van der Waals surface area (Å²) in [6, 6.07) is -1.83. The summed E-state index contributed by atoms with van der Waals surface area (Å²) in [7, 11) is 6.65. The molecule has 0 aliphatic carbocycles. The molecule has 4 atom stereocenters. The number of carbonyl (C=O) groups is 15. The van der Waals surface area contributed by atoms with Gasteiger partial charge in [-0.2, -0.15) is 19.2 Å². The highest BCUT2D eigenvalue weighted by Gasteiger charge is 2.28. The minimum atomic E-state index is -0.685. The van der Waals surface area contributed by atoms with Crippen molar-refractivity contribution in [1.82, 2.24) is 31.7 Å². The number of rotatable bonds is 54. The fourth-order valence-corrected chi connectivity index (χ4v) is 11.2. The molecule has 1 unspecified atom stereocenters. The fourth-order valence-electron chi connectivity index (χ4n) is 11.2. The van der Waals surface area contributed by atoms with Gasteiger partial charge in [0.15, 0.2) is 0 Å². The van der Waals surface area contributed by atoms with E-state index in [4.69, 9.17) is 68.5 Å². The lowest BCUT2D eigenvalue weighted by molar-refractivity contribution is -0.193. The Morgan fingerprint density at radius 1 is 0.329 bits per heavy atom. The Labute approximate surface area is 892 Å². The Balaban J connectivity index is -0.000000142. The number of hydrogen-bond acceptors (Lipinski definition) is 34. The van der Waals surface area contributed by atoms with Crippen molar-refractivity contribution in [1.29, 1.82) is 0 Å². The normalized spacial score (nSPS) is 11.2. The zero-order valence-corrected chi connectivity index (χ0v) is 98.3. The molecule has 0 spiro atoms. The second-order valence-electron chi connectivity index (χ2n) is 41.0. The second-order valence-corrected chi connectivity index (χ2v) is 41.0. The number of ether oxygens (including phenoxy) is 11. The van der Waals surface area contributed by atoms with Crippen LogP contribution in [0.4, 0.5) is 19.2 Å². The number of methoxy groups -OCH3 is 4. The van der Waals surface area contributed by atoms with Gasteiger partial charge in [0.25, 0.3) is 0 Å². The highest BCUT2D eigenvalue weighted by molar-refractivity contribution is 5.95. The number of ketones is 3.